The molecule has 1 aromatic carbocycles. The molecule has 90 valence electrons. The Labute approximate surface area is 103 Å². The summed E-state index contributed by atoms with van der Waals surface area (Å²) < 4.78 is 0. The molecule has 2 heteroatoms. The molecule has 2 unspecified atom stereocenters. The average Bonchev–Trinajstić information content (AvgIpc) is 2.38. The predicted octanol–water partition coefficient (Wildman–Crippen LogP) is 2.33. The van der Waals surface area contributed by atoms with Crippen LogP contribution in [-0.4, -0.2) is 18.0 Å². The van der Waals surface area contributed by atoms with E-state index in [0.29, 0.717) is 0 Å². The zero-order chi connectivity index (χ0) is 11.5. The molecule has 0 aromatic heterocycles. The molecule has 17 heavy (non-hydrogen) atoms. The van der Waals surface area contributed by atoms with Crippen molar-refractivity contribution in [2.24, 2.45) is 5.73 Å². The third-order valence-electron chi connectivity index (χ3n) is 5.35. The molecule has 1 spiro atoms. The average molecular weight is 228 g/mol. The lowest BCUT2D eigenvalue weighted by atomic mass is 9.50. The van der Waals surface area contributed by atoms with E-state index in [0.717, 1.165) is 0 Å². The third kappa shape index (κ3) is 0.962. The van der Waals surface area contributed by atoms with Gasteiger partial charge in [0.25, 0.3) is 0 Å². The molecule has 0 bridgehead atoms. The van der Waals surface area contributed by atoms with Gasteiger partial charge in [0.2, 0.25) is 0 Å². The zero-order valence-corrected chi connectivity index (χ0v) is 10.3. The van der Waals surface area contributed by atoms with Crippen LogP contribution in [-0.2, 0) is 11.1 Å². The first-order valence-electron chi connectivity index (χ1n) is 6.93. The van der Waals surface area contributed by atoms with Crippen LogP contribution in [0.3, 0.4) is 0 Å². The largest absolute Gasteiger partial charge is 0.320 e. The maximum atomic E-state index is 6.82. The minimum Gasteiger partial charge on any atom is -0.320 e. The van der Waals surface area contributed by atoms with Crippen LogP contribution >= 0.6 is 0 Å². The topological polar surface area (TPSA) is 29.3 Å². The molecule has 0 saturated carbocycles. The Hall–Kier alpha value is -0.860. The first-order chi connectivity index (χ1) is 8.29. The van der Waals surface area contributed by atoms with Gasteiger partial charge in [0.1, 0.15) is 0 Å². The molecule has 2 nitrogen and oxygen atoms in total. The lowest BCUT2D eigenvalue weighted by Crippen LogP contribution is -2.74. The van der Waals surface area contributed by atoms with Crippen molar-refractivity contribution in [3.8, 4) is 0 Å². The van der Waals surface area contributed by atoms with E-state index in [1.54, 1.807) is 0 Å². The summed E-state index contributed by atoms with van der Waals surface area (Å²) in [5, 5.41) is 0. The molecule has 3 aliphatic rings. The standard InChI is InChI=1S/C15H20N2/c16-14-8-5-11-17-10-4-3-9-15(14,17)13-7-2-1-6-12(13)14/h1-2,6-7H,3-5,8-11,16H2. The fourth-order valence-corrected chi connectivity index (χ4v) is 4.67. The summed E-state index contributed by atoms with van der Waals surface area (Å²) in [5.74, 6) is 0. The number of nitrogens with two attached hydrogens (primary N) is 1. The van der Waals surface area contributed by atoms with Crippen molar-refractivity contribution in [2.75, 3.05) is 13.1 Å². The summed E-state index contributed by atoms with van der Waals surface area (Å²) in [5.41, 5.74) is 9.92. The summed E-state index contributed by atoms with van der Waals surface area (Å²) in [6.45, 7) is 2.49. The van der Waals surface area contributed by atoms with Crippen LogP contribution in [0.1, 0.15) is 43.2 Å². The third-order valence-corrected chi connectivity index (χ3v) is 5.35. The van der Waals surface area contributed by atoms with E-state index in [-0.39, 0.29) is 11.1 Å². The first-order valence-corrected chi connectivity index (χ1v) is 6.93. The van der Waals surface area contributed by atoms with E-state index in [2.05, 4.69) is 29.2 Å². The Morgan fingerprint density at radius 2 is 1.71 bits per heavy atom. The molecular formula is C15H20N2. The van der Waals surface area contributed by atoms with E-state index in [9.17, 15) is 0 Å². The number of hydrogen-bond acceptors (Lipinski definition) is 2. The zero-order valence-electron chi connectivity index (χ0n) is 10.3. The highest BCUT2D eigenvalue weighted by Crippen LogP contribution is 2.62. The van der Waals surface area contributed by atoms with Crippen molar-refractivity contribution in [1.82, 2.24) is 4.90 Å². The maximum absolute atomic E-state index is 6.82. The van der Waals surface area contributed by atoms with E-state index in [1.807, 2.05) is 0 Å². The Bertz CT molecular complexity index is 468. The van der Waals surface area contributed by atoms with Crippen molar-refractivity contribution in [3.05, 3.63) is 35.4 Å². The molecule has 2 heterocycles. The van der Waals surface area contributed by atoms with Crippen LogP contribution in [0, 0.1) is 0 Å². The van der Waals surface area contributed by atoms with Gasteiger partial charge in [0, 0.05) is 0 Å². The van der Waals surface area contributed by atoms with Gasteiger partial charge in [0.05, 0.1) is 11.1 Å². The molecule has 2 fully saturated rings. The molecule has 2 atom stereocenters. The SMILES string of the molecule is NC12CCCN3CCCCC31c1ccccc12. The Morgan fingerprint density at radius 1 is 0.941 bits per heavy atom. The Morgan fingerprint density at radius 3 is 2.59 bits per heavy atom. The highest BCUT2D eigenvalue weighted by Gasteiger charge is 2.64. The van der Waals surface area contributed by atoms with Crippen LogP contribution in [0.15, 0.2) is 24.3 Å². The number of benzene rings is 1. The highest BCUT2D eigenvalue weighted by molar-refractivity contribution is 5.54. The number of hydrogen-bond donors (Lipinski definition) is 1. The highest BCUT2D eigenvalue weighted by atomic mass is 15.3. The van der Waals surface area contributed by atoms with Crippen LogP contribution in [0.2, 0.25) is 0 Å². The number of rotatable bonds is 0. The maximum Gasteiger partial charge on any atom is 0.0687 e. The van der Waals surface area contributed by atoms with Crippen molar-refractivity contribution >= 4 is 0 Å². The van der Waals surface area contributed by atoms with Gasteiger partial charge in [-0.15, -0.1) is 0 Å². The fraction of sp³-hybridized carbons (Fsp3) is 0.600. The Balaban J connectivity index is 1.93. The normalized spacial score (nSPS) is 39.8. The van der Waals surface area contributed by atoms with Gasteiger partial charge < -0.3 is 5.73 Å². The van der Waals surface area contributed by atoms with E-state index < -0.39 is 0 Å². The summed E-state index contributed by atoms with van der Waals surface area (Å²) >= 11 is 0. The minimum absolute atomic E-state index is 0.0533. The smallest absolute Gasteiger partial charge is 0.0687 e. The van der Waals surface area contributed by atoms with E-state index in [4.69, 9.17) is 5.73 Å². The molecule has 0 radical (unpaired) electrons. The van der Waals surface area contributed by atoms with Crippen molar-refractivity contribution in [3.63, 3.8) is 0 Å². The molecule has 2 saturated heterocycles. The summed E-state index contributed by atoms with van der Waals surface area (Å²) in [4.78, 5) is 2.68. The van der Waals surface area contributed by atoms with Crippen molar-refractivity contribution in [1.29, 1.82) is 0 Å². The molecule has 0 amide bonds. The van der Waals surface area contributed by atoms with Gasteiger partial charge in [0.15, 0.2) is 0 Å². The van der Waals surface area contributed by atoms with Gasteiger partial charge in [-0.3, -0.25) is 4.90 Å². The second-order valence-corrected chi connectivity index (χ2v) is 5.92. The lowest BCUT2D eigenvalue weighted by molar-refractivity contribution is -0.0881. The van der Waals surface area contributed by atoms with Gasteiger partial charge in [-0.1, -0.05) is 24.3 Å². The second-order valence-electron chi connectivity index (χ2n) is 5.92. The molecule has 1 aromatic rings. The molecule has 4 rings (SSSR count). The summed E-state index contributed by atoms with van der Waals surface area (Å²) in [6.07, 6.45) is 6.37. The Kier molecular flexibility index (Phi) is 1.85. The van der Waals surface area contributed by atoms with Gasteiger partial charge in [-0.25, -0.2) is 0 Å². The van der Waals surface area contributed by atoms with Crippen LogP contribution in [0.25, 0.3) is 0 Å². The van der Waals surface area contributed by atoms with E-state index in [1.165, 1.54) is 56.3 Å². The van der Waals surface area contributed by atoms with Gasteiger partial charge in [-0.05, 0) is 56.3 Å². The monoisotopic (exact) mass is 228 g/mol. The minimum atomic E-state index is -0.0533. The molecular weight excluding hydrogens is 208 g/mol. The first kappa shape index (κ1) is 10.1. The number of piperidine rings is 2. The molecule has 1 aliphatic carbocycles. The van der Waals surface area contributed by atoms with E-state index >= 15 is 0 Å². The second kappa shape index (κ2) is 3.12. The van der Waals surface area contributed by atoms with Gasteiger partial charge >= 0.3 is 0 Å². The fourth-order valence-electron chi connectivity index (χ4n) is 4.67. The quantitative estimate of drug-likeness (QED) is 0.738. The predicted molar refractivity (Wildman–Crippen MR) is 68.6 cm³/mol. The van der Waals surface area contributed by atoms with Crippen LogP contribution < -0.4 is 5.73 Å². The van der Waals surface area contributed by atoms with Gasteiger partial charge in [-0.2, -0.15) is 0 Å². The number of fused-ring (bicyclic) bond motifs is 2. The summed E-state index contributed by atoms with van der Waals surface area (Å²) in [6, 6.07) is 8.87. The van der Waals surface area contributed by atoms with Crippen molar-refractivity contribution in [2.45, 2.75) is 43.2 Å². The summed E-state index contributed by atoms with van der Waals surface area (Å²) in [7, 11) is 0. The lowest BCUT2D eigenvalue weighted by Gasteiger charge is -2.67. The van der Waals surface area contributed by atoms with Crippen LogP contribution in [0.4, 0.5) is 0 Å². The molecule has 2 N–H and O–H groups in total. The number of nitrogens with zero attached hydrogens (tertiary/aromatic N) is 1. The van der Waals surface area contributed by atoms with Crippen LogP contribution in [0.5, 0.6) is 0 Å². The van der Waals surface area contributed by atoms with Crippen molar-refractivity contribution < 1.29 is 0 Å². The molecule has 2 aliphatic heterocycles.